The zero-order valence-electron chi connectivity index (χ0n) is 11.5. The lowest BCUT2D eigenvalue weighted by Crippen LogP contribution is -2.29. The van der Waals surface area contributed by atoms with Crippen molar-refractivity contribution in [1.82, 2.24) is 5.32 Å². The SMILES string of the molecule is CNc1cc(C)ccc1C(=O)NCC(C)CSC. The van der Waals surface area contributed by atoms with Crippen LogP contribution in [0.5, 0.6) is 0 Å². The van der Waals surface area contributed by atoms with Crippen LogP contribution in [0, 0.1) is 12.8 Å². The van der Waals surface area contributed by atoms with Crippen LogP contribution in [-0.2, 0) is 0 Å². The summed E-state index contributed by atoms with van der Waals surface area (Å²) in [5, 5.41) is 6.05. The van der Waals surface area contributed by atoms with E-state index in [1.807, 2.05) is 32.2 Å². The number of carbonyl (C=O) groups excluding carboxylic acids is 1. The summed E-state index contributed by atoms with van der Waals surface area (Å²) in [6.45, 7) is 4.88. The van der Waals surface area contributed by atoms with Crippen molar-refractivity contribution in [2.45, 2.75) is 13.8 Å². The number of aryl methyl sites for hydroxylation is 1. The van der Waals surface area contributed by atoms with Gasteiger partial charge in [0, 0.05) is 19.3 Å². The molecule has 0 radical (unpaired) electrons. The van der Waals surface area contributed by atoms with E-state index < -0.39 is 0 Å². The average molecular weight is 266 g/mol. The molecule has 1 aromatic rings. The highest BCUT2D eigenvalue weighted by Crippen LogP contribution is 2.17. The number of thioether (sulfide) groups is 1. The van der Waals surface area contributed by atoms with E-state index in [4.69, 9.17) is 0 Å². The fourth-order valence-corrected chi connectivity index (χ4v) is 2.46. The Hall–Kier alpha value is -1.16. The lowest BCUT2D eigenvalue weighted by atomic mass is 10.1. The summed E-state index contributed by atoms with van der Waals surface area (Å²) in [7, 11) is 1.84. The Labute approximate surface area is 114 Å². The fraction of sp³-hybridized carbons (Fsp3) is 0.500. The maximum atomic E-state index is 12.1. The highest BCUT2D eigenvalue weighted by Gasteiger charge is 2.11. The van der Waals surface area contributed by atoms with Gasteiger partial charge in [0.2, 0.25) is 0 Å². The molecule has 1 rings (SSSR count). The minimum absolute atomic E-state index is 0.00713. The minimum Gasteiger partial charge on any atom is -0.387 e. The van der Waals surface area contributed by atoms with Crippen LogP contribution >= 0.6 is 11.8 Å². The van der Waals surface area contributed by atoms with E-state index in [-0.39, 0.29) is 5.91 Å². The molecule has 4 heteroatoms. The van der Waals surface area contributed by atoms with Crippen LogP contribution in [0.3, 0.4) is 0 Å². The Bertz CT molecular complexity index is 407. The second-order valence-electron chi connectivity index (χ2n) is 4.57. The molecule has 0 bridgehead atoms. The third-order valence-corrected chi connectivity index (χ3v) is 3.65. The molecule has 0 heterocycles. The summed E-state index contributed by atoms with van der Waals surface area (Å²) < 4.78 is 0. The number of amides is 1. The second kappa shape index (κ2) is 7.31. The molecule has 0 aliphatic carbocycles. The quantitative estimate of drug-likeness (QED) is 0.832. The Morgan fingerprint density at radius 2 is 2.17 bits per heavy atom. The first kappa shape index (κ1) is 14.9. The summed E-state index contributed by atoms with van der Waals surface area (Å²) in [6.07, 6.45) is 2.08. The van der Waals surface area contributed by atoms with Crippen LogP contribution in [-0.4, -0.2) is 31.5 Å². The standard InChI is InChI=1S/C14H22N2OS/c1-10-5-6-12(13(7-10)15-3)14(17)16-8-11(2)9-18-4/h5-7,11,15H,8-9H2,1-4H3,(H,16,17). The van der Waals surface area contributed by atoms with Crippen molar-refractivity contribution in [2.24, 2.45) is 5.92 Å². The van der Waals surface area contributed by atoms with Crippen molar-refractivity contribution in [3.8, 4) is 0 Å². The van der Waals surface area contributed by atoms with Crippen LogP contribution in [0.25, 0.3) is 0 Å². The summed E-state index contributed by atoms with van der Waals surface area (Å²) in [5.41, 5.74) is 2.73. The first-order valence-corrected chi connectivity index (χ1v) is 7.53. The molecule has 0 saturated carbocycles. The zero-order valence-corrected chi connectivity index (χ0v) is 12.4. The first-order chi connectivity index (χ1) is 8.58. The molecule has 0 fully saturated rings. The van der Waals surface area contributed by atoms with Crippen molar-refractivity contribution in [1.29, 1.82) is 0 Å². The van der Waals surface area contributed by atoms with Crippen LogP contribution in [0.15, 0.2) is 18.2 Å². The largest absolute Gasteiger partial charge is 0.387 e. The molecule has 0 spiro atoms. The summed E-state index contributed by atoms with van der Waals surface area (Å²) in [6, 6.07) is 5.82. The maximum absolute atomic E-state index is 12.1. The van der Waals surface area contributed by atoms with Gasteiger partial charge in [0.25, 0.3) is 5.91 Å². The molecule has 1 unspecified atom stereocenters. The lowest BCUT2D eigenvalue weighted by molar-refractivity contribution is 0.0950. The van der Waals surface area contributed by atoms with Crippen molar-refractivity contribution in [3.63, 3.8) is 0 Å². The Kier molecular flexibility index (Phi) is 6.05. The molecular weight excluding hydrogens is 244 g/mol. The van der Waals surface area contributed by atoms with Crippen LogP contribution in [0.2, 0.25) is 0 Å². The van der Waals surface area contributed by atoms with Gasteiger partial charge in [-0.1, -0.05) is 13.0 Å². The number of hydrogen-bond donors (Lipinski definition) is 2. The van der Waals surface area contributed by atoms with Gasteiger partial charge >= 0.3 is 0 Å². The van der Waals surface area contributed by atoms with E-state index >= 15 is 0 Å². The first-order valence-electron chi connectivity index (χ1n) is 6.14. The monoisotopic (exact) mass is 266 g/mol. The second-order valence-corrected chi connectivity index (χ2v) is 5.48. The van der Waals surface area contributed by atoms with E-state index in [1.165, 1.54) is 0 Å². The normalized spacial score (nSPS) is 12.0. The lowest BCUT2D eigenvalue weighted by Gasteiger charge is -2.13. The van der Waals surface area contributed by atoms with E-state index in [2.05, 4.69) is 23.8 Å². The van der Waals surface area contributed by atoms with Gasteiger partial charge in [0.1, 0.15) is 0 Å². The summed E-state index contributed by atoms with van der Waals surface area (Å²) >= 11 is 1.80. The number of anilines is 1. The molecule has 0 aromatic heterocycles. The van der Waals surface area contributed by atoms with E-state index in [0.717, 1.165) is 23.5 Å². The van der Waals surface area contributed by atoms with Gasteiger partial charge in [-0.15, -0.1) is 0 Å². The van der Waals surface area contributed by atoms with Crippen molar-refractivity contribution < 1.29 is 4.79 Å². The number of hydrogen-bond acceptors (Lipinski definition) is 3. The zero-order chi connectivity index (χ0) is 13.5. The van der Waals surface area contributed by atoms with Gasteiger partial charge in [-0.05, 0) is 42.5 Å². The van der Waals surface area contributed by atoms with Gasteiger partial charge in [-0.3, -0.25) is 4.79 Å². The molecule has 18 heavy (non-hydrogen) atoms. The molecule has 100 valence electrons. The number of nitrogens with one attached hydrogen (secondary N) is 2. The third kappa shape index (κ3) is 4.26. The maximum Gasteiger partial charge on any atom is 0.253 e. The Morgan fingerprint density at radius 1 is 1.44 bits per heavy atom. The summed E-state index contributed by atoms with van der Waals surface area (Å²) in [5.74, 6) is 1.55. The van der Waals surface area contributed by atoms with Gasteiger partial charge < -0.3 is 10.6 Å². The minimum atomic E-state index is -0.00713. The molecule has 1 aromatic carbocycles. The predicted octanol–water partition coefficient (Wildman–Crippen LogP) is 2.77. The molecular formula is C14H22N2OS. The van der Waals surface area contributed by atoms with Gasteiger partial charge in [0.15, 0.2) is 0 Å². The van der Waals surface area contributed by atoms with E-state index in [0.29, 0.717) is 11.5 Å². The average Bonchev–Trinajstić information content (AvgIpc) is 2.36. The Balaban J connectivity index is 2.66. The van der Waals surface area contributed by atoms with Gasteiger partial charge in [-0.25, -0.2) is 0 Å². The van der Waals surface area contributed by atoms with Crippen LogP contribution < -0.4 is 10.6 Å². The van der Waals surface area contributed by atoms with E-state index in [9.17, 15) is 4.79 Å². The van der Waals surface area contributed by atoms with Crippen molar-refractivity contribution in [2.75, 3.05) is 30.9 Å². The molecule has 0 saturated heterocycles. The number of carbonyl (C=O) groups is 1. The smallest absolute Gasteiger partial charge is 0.253 e. The molecule has 0 aliphatic heterocycles. The molecule has 3 nitrogen and oxygen atoms in total. The number of rotatable bonds is 6. The van der Waals surface area contributed by atoms with E-state index in [1.54, 1.807) is 11.8 Å². The predicted molar refractivity (Wildman–Crippen MR) is 80.6 cm³/mol. The fourth-order valence-electron chi connectivity index (χ4n) is 1.77. The summed E-state index contributed by atoms with van der Waals surface area (Å²) in [4.78, 5) is 12.1. The molecule has 2 N–H and O–H groups in total. The highest BCUT2D eigenvalue weighted by atomic mass is 32.2. The topological polar surface area (TPSA) is 41.1 Å². The third-order valence-electron chi connectivity index (χ3n) is 2.75. The highest BCUT2D eigenvalue weighted by molar-refractivity contribution is 7.98. The molecule has 0 aliphatic rings. The van der Waals surface area contributed by atoms with Gasteiger partial charge in [-0.2, -0.15) is 11.8 Å². The Morgan fingerprint density at radius 3 is 2.78 bits per heavy atom. The van der Waals surface area contributed by atoms with Crippen LogP contribution in [0.4, 0.5) is 5.69 Å². The van der Waals surface area contributed by atoms with Gasteiger partial charge in [0.05, 0.1) is 5.56 Å². The van der Waals surface area contributed by atoms with Crippen LogP contribution in [0.1, 0.15) is 22.8 Å². The van der Waals surface area contributed by atoms with Crippen molar-refractivity contribution in [3.05, 3.63) is 29.3 Å². The molecule has 1 atom stereocenters. The molecule has 1 amide bonds. The van der Waals surface area contributed by atoms with Crippen molar-refractivity contribution >= 4 is 23.4 Å². The number of benzene rings is 1.